The molecule has 0 bridgehead atoms. The minimum atomic E-state index is -2.51. The zero-order chi connectivity index (χ0) is 27.2. The highest BCUT2D eigenvalue weighted by molar-refractivity contribution is 5.76. The van der Waals surface area contributed by atoms with Crippen molar-refractivity contribution >= 4 is 11.9 Å². The van der Waals surface area contributed by atoms with Gasteiger partial charge in [0.2, 0.25) is 5.91 Å². The SMILES string of the molecule is CCCCO[C@H]1OC(CO[C@]2(C(=O)O)C[C@@H](O)[C@@H](NC(C)=O)C([C@H](O)[C@H](O)CC)O2)[C@H](O)[C@H](O)C1C. The molecule has 11 atom stereocenters. The van der Waals surface area contributed by atoms with Crippen molar-refractivity contribution in [2.75, 3.05) is 13.2 Å². The maximum Gasteiger partial charge on any atom is 0.364 e. The molecule has 0 aromatic carbocycles. The molecule has 2 fully saturated rings. The van der Waals surface area contributed by atoms with Gasteiger partial charge in [0.15, 0.2) is 6.29 Å². The Hall–Kier alpha value is -1.42. The van der Waals surface area contributed by atoms with Crippen LogP contribution < -0.4 is 5.32 Å². The summed E-state index contributed by atoms with van der Waals surface area (Å²) in [7, 11) is 0. The van der Waals surface area contributed by atoms with Gasteiger partial charge in [0.05, 0.1) is 31.0 Å². The number of aliphatic carboxylic acids is 1. The van der Waals surface area contributed by atoms with E-state index in [1.165, 1.54) is 6.92 Å². The lowest BCUT2D eigenvalue weighted by atomic mass is 9.88. The summed E-state index contributed by atoms with van der Waals surface area (Å²) < 4.78 is 22.7. The van der Waals surface area contributed by atoms with E-state index in [-0.39, 0.29) is 6.42 Å². The summed E-state index contributed by atoms with van der Waals surface area (Å²) in [5, 5.41) is 64.9. The molecule has 0 aromatic heterocycles. The van der Waals surface area contributed by atoms with Crippen molar-refractivity contribution in [1.82, 2.24) is 5.32 Å². The van der Waals surface area contributed by atoms with E-state index in [4.69, 9.17) is 18.9 Å². The molecule has 210 valence electrons. The van der Waals surface area contributed by atoms with E-state index >= 15 is 0 Å². The van der Waals surface area contributed by atoms with Gasteiger partial charge in [-0.1, -0.05) is 27.2 Å². The molecule has 2 aliphatic rings. The third-order valence-electron chi connectivity index (χ3n) is 6.69. The molecule has 13 heteroatoms. The first-order chi connectivity index (χ1) is 16.9. The van der Waals surface area contributed by atoms with Crippen LogP contribution in [0.15, 0.2) is 0 Å². The Kier molecular flexibility index (Phi) is 11.5. The van der Waals surface area contributed by atoms with Crippen molar-refractivity contribution in [3.8, 4) is 0 Å². The second-order valence-corrected chi connectivity index (χ2v) is 9.52. The second kappa shape index (κ2) is 13.4. The molecule has 1 amide bonds. The average molecular weight is 524 g/mol. The Morgan fingerprint density at radius 2 is 1.83 bits per heavy atom. The van der Waals surface area contributed by atoms with Crippen LogP contribution in [0.2, 0.25) is 0 Å². The fourth-order valence-corrected chi connectivity index (χ4v) is 4.37. The maximum atomic E-state index is 12.3. The first-order valence-corrected chi connectivity index (χ1v) is 12.4. The second-order valence-electron chi connectivity index (χ2n) is 9.52. The normalized spacial score (nSPS) is 38.8. The van der Waals surface area contributed by atoms with Gasteiger partial charge in [-0.25, -0.2) is 4.79 Å². The Labute approximate surface area is 210 Å². The highest BCUT2D eigenvalue weighted by Crippen LogP contribution is 2.35. The molecular weight excluding hydrogens is 482 g/mol. The first kappa shape index (κ1) is 30.8. The number of hydrogen-bond donors (Lipinski definition) is 7. The molecule has 13 nitrogen and oxygen atoms in total. The van der Waals surface area contributed by atoms with Crippen LogP contribution in [0.25, 0.3) is 0 Å². The molecule has 0 aromatic rings. The number of aliphatic hydroxyl groups is 5. The molecule has 7 N–H and O–H groups in total. The molecule has 2 rings (SSSR count). The number of nitrogens with one attached hydrogen (secondary N) is 1. The third kappa shape index (κ3) is 7.11. The van der Waals surface area contributed by atoms with Gasteiger partial charge in [0, 0.05) is 25.9 Å². The number of rotatable bonds is 12. The number of hydrogen-bond acceptors (Lipinski definition) is 11. The number of carboxylic acid groups (broad SMARTS) is 1. The largest absolute Gasteiger partial charge is 0.477 e. The van der Waals surface area contributed by atoms with Crippen LogP contribution in [0, 0.1) is 5.92 Å². The van der Waals surface area contributed by atoms with Crippen molar-refractivity contribution < 1.29 is 59.2 Å². The topological polar surface area (TPSA) is 204 Å². The smallest absolute Gasteiger partial charge is 0.364 e. The predicted octanol–water partition coefficient (Wildman–Crippen LogP) is -1.53. The minimum Gasteiger partial charge on any atom is -0.477 e. The molecule has 2 aliphatic heterocycles. The molecule has 0 radical (unpaired) electrons. The van der Waals surface area contributed by atoms with Gasteiger partial charge in [-0.3, -0.25) is 4.79 Å². The van der Waals surface area contributed by atoms with Crippen LogP contribution in [0.5, 0.6) is 0 Å². The summed E-state index contributed by atoms with van der Waals surface area (Å²) in [6.07, 6.45) is -9.76. The van der Waals surface area contributed by atoms with E-state index in [9.17, 15) is 40.2 Å². The third-order valence-corrected chi connectivity index (χ3v) is 6.69. The quantitative estimate of drug-likeness (QED) is 0.146. The van der Waals surface area contributed by atoms with Crippen LogP contribution in [0.4, 0.5) is 0 Å². The van der Waals surface area contributed by atoms with Crippen LogP contribution in [0.3, 0.4) is 0 Å². The Morgan fingerprint density at radius 3 is 2.39 bits per heavy atom. The van der Waals surface area contributed by atoms with E-state index in [1.54, 1.807) is 13.8 Å². The number of carboxylic acids is 1. The van der Waals surface area contributed by atoms with E-state index in [1.807, 2.05) is 6.92 Å². The lowest BCUT2D eigenvalue weighted by Crippen LogP contribution is -2.68. The van der Waals surface area contributed by atoms with Gasteiger partial charge in [-0.15, -0.1) is 0 Å². The van der Waals surface area contributed by atoms with Crippen LogP contribution >= 0.6 is 0 Å². The molecule has 2 saturated heterocycles. The molecule has 36 heavy (non-hydrogen) atoms. The molecule has 0 saturated carbocycles. The van der Waals surface area contributed by atoms with Crippen LogP contribution in [-0.2, 0) is 28.5 Å². The summed E-state index contributed by atoms with van der Waals surface area (Å²) in [4.78, 5) is 24.0. The van der Waals surface area contributed by atoms with Crippen LogP contribution in [-0.4, -0.2) is 117 Å². The summed E-state index contributed by atoms with van der Waals surface area (Å²) in [6.45, 7) is 6.17. The van der Waals surface area contributed by atoms with Gasteiger partial charge in [-0.05, 0) is 12.8 Å². The first-order valence-electron chi connectivity index (χ1n) is 12.4. The number of aliphatic hydroxyl groups excluding tert-OH is 5. The number of ether oxygens (including phenoxy) is 4. The molecule has 0 aliphatic carbocycles. The number of carbonyl (C=O) groups is 2. The standard InChI is InChI=1S/C23H41NO12/c1-5-7-8-33-21-11(3)17(28)19(30)15(35-21)10-34-23(22(31)32)9-14(27)16(24-12(4)25)20(36-23)18(29)13(26)6-2/h11,13-21,26-30H,5-10H2,1-4H3,(H,24,25)(H,31,32)/t11?,13-,14-,15?,16-,17-,18-,19+,20?,21+,23-/m1/s1. The predicted molar refractivity (Wildman–Crippen MR) is 122 cm³/mol. The number of unbranched alkanes of at least 4 members (excludes halogenated alkanes) is 1. The summed E-state index contributed by atoms with van der Waals surface area (Å²) in [6, 6.07) is -1.23. The van der Waals surface area contributed by atoms with E-state index in [0.717, 1.165) is 12.8 Å². The Morgan fingerprint density at radius 1 is 1.17 bits per heavy atom. The fourth-order valence-electron chi connectivity index (χ4n) is 4.37. The summed E-state index contributed by atoms with van der Waals surface area (Å²) in [5.41, 5.74) is 0. The number of amides is 1. The van der Waals surface area contributed by atoms with Gasteiger partial charge in [0.25, 0.3) is 5.79 Å². The van der Waals surface area contributed by atoms with Gasteiger partial charge >= 0.3 is 5.97 Å². The van der Waals surface area contributed by atoms with E-state index in [2.05, 4.69) is 5.32 Å². The van der Waals surface area contributed by atoms with Crippen molar-refractivity contribution in [2.45, 2.75) is 114 Å². The summed E-state index contributed by atoms with van der Waals surface area (Å²) in [5.74, 6) is -5.28. The Bertz CT molecular complexity index is 725. The van der Waals surface area contributed by atoms with E-state index < -0.39 is 91.7 Å². The highest BCUT2D eigenvalue weighted by Gasteiger charge is 2.56. The fraction of sp³-hybridized carbons (Fsp3) is 0.913. The Balaban J connectivity index is 2.24. The van der Waals surface area contributed by atoms with Gasteiger partial charge < -0.3 is 54.9 Å². The minimum absolute atomic E-state index is 0.0858. The lowest BCUT2D eigenvalue weighted by molar-refractivity contribution is -0.333. The number of carbonyl (C=O) groups excluding carboxylic acids is 1. The average Bonchev–Trinajstić information content (AvgIpc) is 2.83. The highest BCUT2D eigenvalue weighted by atomic mass is 16.7. The van der Waals surface area contributed by atoms with Crippen molar-refractivity contribution in [1.29, 1.82) is 0 Å². The van der Waals surface area contributed by atoms with Gasteiger partial charge in [0.1, 0.15) is 24.4 Å². The molecule has 2 heterocycles. The molecule has 0 spiro atoms. The zero-order valence-electron chi connectivity index (χ0n) is 21.1. The van der Waals surface area contributed by atoms with E-state index in [0.29, 0.717) is 6.61 Å². The van der Waals surface area contributed by atoms with Gasteiger partial charge in [-0.2, -0.15) is 0 Å². The molecule has 3 unspecified atom stereocenters. The lowest BCUT2D eigenvalue weighted by Gasteiger charge is -2.47. The maximum absolute atomic E-state index is 12.3. The van der Waals surface area contributed by atoms with Crippen LogP contribution in [0.1, 0.15) is 53.4 Å². The zero-order valence-corrected chi connectivity index (χ0v) is 21.1. The summed E-state index contributed by atoms with van der Waals surface area (Å²) >= 11 is 0. The van der Waals surface area contributed by atoms with Crippen molar-refractivity contribution in [3.05, 3.63) is 0 Å². The monoisotopic (exact) mass is 523 g/mol. The molecular formula is C23H41NO12. The van der Waals surface area contributed by atoms with Crippen molar-refractivity contribution in [3.63, 3.8) is 0 Å². The van der Waals surface area contributed by atoms with Crippen molar-refractivity contribution in [2.24, 2.45) is 5.92 Å².